The second kappa shape index (κ2) is 5.75. The van der Waals surface area contributed by atoms with Crippen LogP contribution in [0.15, 0.2) is 42.5 Å². The monoisotopic (exact) mass is 285 g/mol. The maximum atomic E-state index is 12.4. The average molecular weight is 285 g/mol. The Bertz CT molecular complexity index is 652. The van der Waals surface area contributed by atoms with Gasteiger partial charge in [0.25, 0.3) is 5.91 Å². The van der Waals surface area contributed by atoms with Gasteiger partial charge in [-0.05, 0) is 36.4 Å². The van der Waals surface area contributed by atoms with Gasteiger partial charge in [-0.2, -0.15) is 0 Å². The molecule has 1 N–H and O–H groups in total. The van der Waals surface area contributed by atoms with E-state index in [0.717, 1.165) is 5.75 Å². The molecule has 0 unspecified atom stereocenters. The van der Waals surface area contributed by atoms with Crippen molar-refractivity contribution in [3.05, 3.63) is 48.0 Å². The number of carbonyl (C=O) groups excluding carboxylic acids is 1. The summed E-state index contributed by atoms with van der Waals surface area (Å²) in [5.41, 5.74) is 1.15. The van der Waals surface area contributed by atoms with Gasteiger partial charge in [-0.1, -0.05) is 6.07 Å². The zero-order chi connectivity index (χ0) is 14.7. The number of hydrogen-bond acceptors (Lipinski definition) is 4. The summed E-state index contributed by atoms with van der Waals surface area (Å²) in [7, 11) is 1.60. The van der Waals surface area contributed by atoms with Crippen molar-refractivity contribution in [2.45, 2.75) is 0 Å². The second-order valence-electron chi connectivity index (χ2n) is 4.51. The summed E-state index contributed by atoms with van der Waals surface area (Å²) in [5.74, 6) is 1.60. The molecule has 1 heterocycles. The van der Waals surface area contributed by atoms with Gasteiger partial charge in [-0.15, -0.1) is 0 Å². The molecule has 5 heteroatoms. The highest BCUT2D eigenvalue weighted by atomic mass is 16.6. The lowest BCUT2D eigenvalue weighted by Crippen LogP contribution is -2.20. The normalized spacial score (nSPS) is 12.6. The van der Waals surface area contributed by atoms with Gasteiger partial charge in [0.05, 0.1) is 12.7 Å². The fourth-order valence-electron chi connectivity index (χ4n) is 2.13. The van der Waals surface area contributed by atoms with Crippen molar-refractivity contribution in [3.63, 3.8) is 0 Å². The van der Waals surface area contributed by atoms with Crippen LogP contribution in [0.1, 0.15) is 10.4 Å². The van der Waals surface area contributed by atoms with E-state index in [-0.39, 0.29) is 5.91 Å². The highest BCUT2D eigenvalue weighted by molar-refractivity contribution is 6.06. The number of fused-ring (bicyclic) bond motifs is 1. The Labute approximate surface area is 122 Å². The summed E-state index contributed by atoms with van der Waals surface area (Å²) in [4.78, 5) is 12.4. The van der Waals surface area contributed by atoms with Crippen LogP contribution >= 0.6 is 0 Å². The first kappa shape index (κ1) is 13.3. The standard InChI is InChI=1S/C16H15NO4/c1-19-12-7-5-11(6-8-12)17-16(18)13-3-2-4-14-15(13)21-10-9-20-14/h2-8H,9-10H2,1H3,(H,17,18). The lowest BCUT2D eigenvalue weighted by Gasteiger charge is -2.20. The fourth-order valence-corrected chi connectivity index (χ4v) is 2.13. The van der Waals surface area contributed by atoms with Crippen LogP contribution in [-0.4, -0.2) is 26.2 Å². The van der Waals surface area contributed by atoms with Gasteiger partial charge in [0.15, 0.2) is 11.5 Å². The molecule has 0 fully saturated rings. The van der Waals surface area contributed by atoms with E-state index in [1.807, 2.05) is 0 Å². The number of methoxy groups -OCH3 is 1. The van der Waals surface area contributed by atoms with E-state index in [0.29, 0.717) is 36.0 Å². The van der Waals surface area contributed by atoms with Gasteiger partial charge < -0.3 is 19.5 Å². The zero-order valence-corrected chi connectivity index (χ0v) is 11.6. The topological polar surface area (TPSA) is 56.8 Å². The first-order valence-electron chi connectivity index (χ1n) is 6.62. The maximum absolute atomic E-state index is 12.4. The molecule has 0 saturated heterocycles. The molecule has 21 heavy (non-hydrogen) atoms. The van der Waals surface area contributed by atoms with Gasteiger partial charge >= 0.3 is 0 Å². The largest absolute Gasteiger partial charge is 0.497 e. The summed E-state index contributed by atoms with van der Waals surface area (Å²) >= 11 is 0. The second-order valence-corrected chi connectivity index (χ2v) is 4.51. The number of hydrogen-bond donors (Lipinski definition) is 1. The van der Waals surface area contributed by atoms with Crippen molar-refractivity contribution < 1.29 is 19.0 Å². The van der Waals surface area contributed by atoms with Gasteiger partial charge in [0, 0.05) is 5.69 Å². The van der Waals surface area contributed by atoms with E-state index in [9.17, 15) is 4.79 Å². The van der Waals surface area contributed by atoms with Crippen LogP contribution in [0.25, 0.3) is 0 Å². The Morgan fingerprint density at radius 2 is 1.86 bits per heavy atom. The van der Waals surface area contributed by atoms with Crippen LogP contribution in [0.3, 0.4) is 0 Å². The Hall–Kier alpha value is -2.69. The van der Waals surface area contributed by atoms with Crippen molar-refractivity contribution in [2.75, 3.05) is 25.6 Å². The maximum Gasteiger partial charge on any atom is 0.259 e. The predicted octanol–water partition coefficient (Wildman–Crippen LogP) is 2.72. The van der Waals surface area contributed by atoms with Gasteiger partial charge in [-0.3, -0.25) is 4.79 Å². The molecule has 0 saturated carbocycles. The molecule has 108 valence electrons. The molecule has 1 aliphatic rings. The summed E-state index contributed by atoms with van der Waals surface area (Å²) in [5, 5.41) is 2.83. The first-order chi connectivity index (χ1) is 10.3. The average Bonchev–Trinajstić information content (AvgIpc) is 2.55. The van der Waals surface area contributed by atoms with Crippen molar-refractivity contribution in [1.29, 1.82) is 0 Å². The van der Waals surface area contributed by atoms with E-state index in [1.54, 1.807) is 49.6 Å². The molecule has 0 aliphatic carbocycles. The number of rotatable bonds is 3. The van der Waals surface area contributed by atoms with Crippen LogP contribution in [0, 0.1) is 0 Å². The number of nitrogens with one attached hydrogen (secondary N) is 1. The molecule has 3 rings (SSSR count). The minimum Gasteiger partial charge on any atom is -0.497 e. The van der Waals surface area contributed by atoms with Crippen LogP contribution in [0.4, 0.5) is 5.69 Å². The molecule has 5 nitrogen and oxygen atoms in total. The number of benzene rings is 2. The minimum absolute atomic E-state index is 0.234. The first-order valence-corrected chi connectivity index (χ1v) is 6.62. The number of carbonyl (C=O) groups is 1. The van der Waals surface area contributed by atoms with Gasteiger partial charge in [-0.25, -0.2) is 0 Å². The highest BCUT2D eigenvalue weighted by Gasteiger charge is 2.20. The molecular formula is C16H15NO4. The summed E-state index contributed by atoms with van der Waals surface area (Å²) in [6.07, 6.45) is 0. The zero-order valence-electron chi connectivity index (χ0n) is 11.6. The SMILES string of the molecule is COc1ccc(NC(=O)c2cccc3c2OCCO3)cc1. The third-order valence-corrected chi connectivity index (χ3v) is 3.16. The van der Waals surface area contributed by atoms with E-state index in [2.05, 4.69) is 5.32 Å². The van der Waals surface area contributed by atoms with Crippen molar-refractivity contribution >= 4 is 11.6 Å². The number of amides is 1. The Morgan fingerprint density at radius 3 is 2.62 bits per heavy atom. The molecule has 2 aromatic carbocycles. The molecule has 0 bridgehead atoms. The van der Waals surface area contributed by atoms with Crippen molar-refractivity contribution in [1.82, 2.24) is 0 Å². The lowest BCUT2D eigenvalue weighted by molar-refractivity contribution is 0.101. The van der Waals surface area contributed by atoms with Crippen molar-refractivity contribution in [2.24, 2.45) is 0 Å². The van der Waals surface area contributed by atoms with Crippen LogP contribution in [-0.2, 0) is 0 Å². The predicted molar refractivity (Wildman–Crippen MR) is 78.4 cm³/mol. The van der Waals surface area contributed by atoms with Gasteiger partial charge in [0.1, 0.15) is 19.0 Å². The minimum atomic E-state index is -0.234. The molecule has 1 aliphatic heterocycles. The van der Waals surface area contributed by atoms with E-state index in [4.69, 9.17) is 14.2 Å². The third kappa shape index (κ3) is 2.76. The van der Waals surface area contributed by atoms with Gasteiger partial charge in [0.2, 0.25) is 0 Å². The molecule has 0 spiro atoms. The molecule has 0 radical (unpaired) electrons. The number of anilines is 1. The van der Waals surface area contributed by atoms with E-state index >= 15 is 0 Å². The third-order valence-electron chi connectivity index (χ3n) is 3.16. The number of para-hydroxylation sites is 1. The Kier molecular flexibility index (Phi) is 3.64. The summed E-state index contributed by atoms with van der Waals surface area (Å²) < 4.78 is 16.1. The quantitative estimate of drug-likeness (QED) is 0.942. The van der Waals surface area contributed by atoms with E-state index in [1.165, 1.54) is 0 Å². The van der Waals surface area contributed by atoms with Crippen LogP contribution < -0.4 is 19.5 Å². The highest BCUT2D eigenvalue weighted by Crippen LogP contribution is 2.34. The molecule has 0 atom stereocenters. The summed E-state index contributed by atoms with van der Waals surface area (Å²) in [6.45, 7) is 0.941. The van der Waals surface area contributed by atoms with E-state index < -0.39 is 0 Å². The summed E-state index contributed by atoms with van der Waals surface area (Å²) in [6, 6.07) is 12.4. The van der Waals surface area contributed by atoms with Crippen molar-refractivity contribution in [3.8, 4) is 17.2 Å². The molecule has 0 aromatic heterocycles. The number of ether oxygens (including phenoxy) is 3. The Balaban J connectivity index is 1.82. The van der Waals surface area contributed by atoms with Crippen LogP contribution in [0.2, 0.25) is 0 Å². The molecule has 2 aromatic rings. The lowest BCUT2D eigenvalue weighted by atomic mass is 10.1. The molecular weight excluding hydrogens is 270 g/mol. The Morgan fingerprint density at radius 1 is 1.10 bits per heavy atom. The smallest absolute Gasteiger partial charge is 0.259 e. The molecule has 1 amide bonds. The fraction of sp³-hybridized carbons (Fsp3) is 0.188. The van der Waals surface area contributed by atoms with Crippen LogP contribution in [0.5, 0.6) is 17.2 Å².